The molecule has 0 amide bonds. The van der Waals surface area contributed by atoms with E-state index in [0.29, 0.717) is 16.4 Å². The van der Waals surface area contributed by atoms with Crippen LogP contribution in [0.4, 0.5) is 5.69 Å². The molecule has 0 radical (unpaired) electrons. The van der Waals surface area contributed by atoms with Crippen molar-refractivity contribution >= 4 is 34.6 Å². The van der Waals surface area contributed by atoms with Crippen molar-refractivity contribution < 1.29 is 9.90 Å². The smallest absolute Gasteiger partial charge is 0.345 e. The molecule has 94 valence electrons. The van der Waals surface area contributed by atoms with E-state index < -0.39 is 5.97 Å². The molecule has 0 saturated carbocycles. The first kappa shape index (κ1) is 12.9. The highest BCUT2D eigenvalue weighted by atomic mass is 35.5. The second kappa shape index (κ2) is 5.42. The molecule has 1 aromatic heterocycles. The number of benzene rings is 1. The highest BCUT2D eigenvalue weighted by molar-refractivity contribution is 7.14. The summed E-state index contributed by atoms with van der Waals surface area (Å²) >= 11 is 7.10. The van der Waals surface area contributed by atoms with Crippen molar-refractivity contribution in [1.82, 2.24) is 0 Å². The van der Waals surface area contributed by atoms with Gasteiger partial charge in [0.25, 0.3) is 0 Å². The second-order valence-corrected chi connectivity index (χ2v) is 5.46. The maximum atomic E-state index is 10.9. The minimum Gasteiger partial charge on any atom is -0.477 e. The molecule has 2 rings (SSSR count). The molecular formula is C13H12ClNO2S. The lowest BCUT2D eigenvalue weighted by molar-refractivity contribution is 0.0702. The number of hydrogen-bond acceptors (Lipinski definition) is 3. The van der Waals surface area contributed by atoms with Crippen molar-refractivity contribution in [3.05, 3.63) is 50.7 Å². The lowest BCUT2D eigenvalue weighted by Crippen LogP contribution is -1.98. The van der Waals surface area contributed by atoms with Gasteiger partial charge >= 0.3 is 5.97 Å². The number of nitrogens with one attached hydrogen (secondary N) is 1. The Labute approximate surface area is 114 Å². The van der Waals surface area contributed by atoms with Crippen molar-refractivity contribution in [2.24, 2.45) is 0 Å². The second-order valence-electron chi connectivity index (χ2n) is 3.88. The Kier molecular flexibility index (Phi) is 3.89. The van der Waals surface area contributed by atoms with Gasteiger partial charge in [0.15, 0.2) is 0 Å². The zero-order valence-electron chi connectivity index (χ0n) is 9.74. The topological polar surface area (TPSA) is 49.3 Å². The van der Waals surface area contributed by atoms with Crippen LogP contribution in [-0.2, 0) is 6.54 Å². The number of carboxylic acids is 1. The van der Waals surface area contributed by atoms with Gasteiger partial charge in [0.05, 0.1) is 0 Å². The van der Waals surface area contributed by atoms with Crippen LogP contribution in [0.2, 0.25) is 5.02 Å². The summed E-state index contributed by atoms with van der Waals surface area (Å²) in [6.07, 6.45) is 0. The summed E-state index contributed by atoms with van der Waals surface area (Å²) in [7, 11) is 0. The van der Waals surface area contributed by atoms with Gasteiger partial charge in [0, 0.05) is 22.1 Å². The SMILES string of the molecule is Cc1cc(C(=O)O)sc1CNc1ccc(Cl)cc1. The molecule has 0 saturated heterocycles. The fourth-order valence-corrected chi connectivity index (χ4v) is 2.63. The van der Waals surface area contributed by atoms with Crippen molar-refractivity contribution in [2.45, 2.75) is 13.5 Å². The first-order chi connectivity index (χ1) is 8.56. The van der Waals surface area contributed by atoms with Gasteiger partial charge in [0.2, 0.25) is 0 Å². The van der Waals surface area contributed by atoms with Crippen LogP contribution >= 0.6 is 22.9 Å². The molecule has 1 aromatic carbocycles. The summed E-state index contributed by atoms with van der Waals surface area (Å²) in [6.45, 7) is 2.53. The molecule has 0 unspecified atom stereocenters. The normalized spacial score (nSPS) is 10.3. The molecule has 0 aliphatic carbocycles. The maximum Gasteiger partial charge on any atom is 0.345 e. The third kappa shape index (κ3) is 3.03. The summed E-state index contributed by atoms with van der Waals surface area (Å²) in [5, 5.41) is 12.8. The predicted molar refractivity (Wildman–Crippen MR) is 74.8 cm³/mol. The van der Waals surface area contributed by atoms with E-state index in [-0.39, 0.29) is 0 Å². The van der Waals surface area contributed by atoms with Crippen LogP contribution in [0.25, 0.3) is 0 Å². The number of halogens is 1. The molecule has 18 heavy (non-hydrogen) atoms. The number of rotatable bonds is 4. The van der Waals surface area contributed by atoms with E-state index in [1.54, 1.807) is 6.07 Å². The predicted octanol–water partition coefficient (Wildman–Crippen LogP) is 4.02. The van der Waals surface area contributed by atoms with Crippen molar-refractivity contribution in [3.8, 4) is 0 Å². The Morgan fingerprint density at radius 1 is 1.39 bits per heavy atom. The summed E-state index contributed by atoms with van der Waals surface area (Å²) in [4.78, 5) is 12.3. The van der Waals surface area contributed by atoms with E-state index >= 15 is 0 Å². The van der Waals surface area contributed by atoms with Crippen LogP contribution in [0.3, 0.4) is 0 Å². The lowest BCUT2D eigenvalue weighted by Gasteiger charge is -2.05. The first-order valence-electron chi connectivity index (χ1n) is 5.38. The van der Waals surface area contributed by atoms with E-state index in [9.17, 15) is 4.79 Å². The van der Waals surface area contributed by atoms with Crippen LogP contribution in [0, 0.1) is 6.92 Å². The Balaban J connectivity index is 2.06. The third-order valence-corrected chi connectivity index (χ3v) is 4.01. The van der Waals surface area contributed by atoms with Crippen LogP contribution in [-0.4, -0.2) is 11.1 Å². The van der Waals surface area contributed by atoms with Gasteiger partial charge in [-0.25, -0.2) is 4.79 Å². The van der Waals surface area contributed by atoms with E-state index in [1.165, 1.54) is 11.3 Å². The molecule has 0 atom stereocenters. The number of anilines is 1. The quantitative estimate of drug-likeness (QED) is 0.890. The molecule has 5 heteroatoms. The Bertz CT molecular complexity index is 563. The van der Waals surface area contributed by atoms with E-state index in [1.807, 2.05) is 31.2 Å². The number of hydrogen-bond donors (Lipinski definition) is 2. The van der Waals surface area contributed by atoms with E-state index in [2.05, 4.69) is 5.32 Å². The molecule has 2 aromatic rings. The monoisotopic (exact) mass is 281 g/mol. The molecule has 0 bridgehead atoms. The third-order valence-electron chi connectivity index (χ3n) is 2.53. The average molecular weight is 282 g/mol. The van der Waals surface area contributed by atoms with Gasteiger partial charge < -0.3 is 10.4 Å². The average Bonchev–Trinajstić information content (AvgIpc) is 2.70. The van der Waals surface area contributed by atoms with Crippen molar-refractivity contribution in [2.75, 3.05) is 5.32 Å². The lowest BCUT2D eigenvalue weighted by atomic mass is 10.2. The first-order valence-corrected chi connectivity index (χ1v) is 6.58. The number of thiophene rings is 1. The summed E-state index contributed by atoms with van der Waals surface area (Å²) in [5.41, 5.74) is 1.96. The molecular weight excluding hydrogens is 270 g/mol. The van der Waals surface area contributed by atoms with E-state index in [4.69, 9.17) is 16.7 Å². The minimum absolute atomic E-state index is 0.375. The van der Waals surface area contributed by atoms with Gasteiger partial charge in [-0.05, 0) is 42.8 Å². The number of aromatic carboxylic acids is 1. The van der Waals surface area contributed by atoms with Crippen molar-refractivity contribution in [3.63, 3.8) is 0 Å². The Morgan fingerprint density at radius 3 is 2.61 bits per heavy atom. The standard InChI is InChI=1S/C13H12ClNO2S/c1-8-6-11(13(16)17)18-12(8)7-15-10-4-2-9(14)3-5-10/h2-6,15H,7H2,1H3,(H,16,17). The van der Waals surface area contributed by atoms with E-state index in [0.717, 1.165) is 16.1 Å². The molecule has 2 N–H and O–H groups in total. The van der Waals surface area contributed by atoms with Crippen LogP contribution < -0.4 is 5.32 Å². The molecule has 3 nitrogen and oxygen atoms in total. The molecule has 0 aliphatic heterocycles. The largest absolute Gasteiger partial charge is 0.477 e. The number of carbonyl (C=O) groups is 1. The molecule has 0 aliphatic rings. The van der Waals surface area contributed by atoms with Gasteiger partial charge in [0.1, 0.15) is 4.88 Å². The van der Waals surface area contributed by atoms with Gasteiger partial charge in [-0.15, -0.1) is 11.3 Å². The Morgan fingerprint density at radius 2 is 2.06 bits per heavy atom. The van der Waals surface area contributed by atoms with Gasteiger partial charge in [-0.2, -0.15) is 0 Å². The molecule has 0 fully saturated rings. The summed E-state index contributed by atoms with van der Waals surface area (Å²) < 4.78 is 0. The highest BCUT2D eigenvalue weighted by Gasteiger charge is 2.10. The van der Waals surface area contributed by atoms with Gasteiger partial charge in [-0.1, -0.05) is 11.6 Å². The highest BCUT2D eigenvalue weighted by Crippen LogP contribution is 2.23. The maximum absolute atomic E-state index is 10.9. The van der Waals surface area contributed by atoms with Crippen LogP contribution in [0.1, 0.15) is 20.1 Å². The van der Waals surface area contributed by atoms with Crippen molar-refractivity contribution in [1.29, 1.82) is 0 Å². The van der Waals surface area contributed by atoms with Crippen LogP contribution in [0.15, 0.2) is 30.3 Å². The minimum atomic E-state index is -0.874. The Hall–Kier alpha value is -1.52. The van der Waals surface area contributed by atoms with Crippen LogP contribution in [0.5, 0.6) is 0 Å². The molecule has 0 spiro atoms. The fraction of sp³-hybridized carbons (Fsp3) is 0.154. The fourth-order valence-electron chi connectivity index (χ4n) is 1.55. The zero-order valence-corrected chi connectivity index (χ0v) is 11.3. The summed E-state index contributed by atoms with van der Waals surface area (Å²) in [5.74, 6) is -0.874. The molecule has 1 heterocycles. The number of aryl methyl sites for hydroxylation is 1. The zero-order chi connectivity index (χ0) is 13.1. The number of carboxylic acid groups (broad SMARTS) is 1. The summed E-state index contributed by atoms with van der Waals surface area (Å²) in [6, 6.07) is 9.11. The van der Waals surface area contributed by atoms with Gasteiger partial charge in [-0.3, -0.25) is 0 Å².